The number of thiocarbonyl (C=S) groups is 1. The third-order valence-corrected chi connectivity index (χ3v) is 2.15. The molecule has 0 fully saturated rings. The predicted molar refractivity (Wildman–Crippen MR) is 61.0 cm³/mol. The van der Waals surface area contributed by atoms with E-state index in [1.54, 1.807) is 0 Å². The monoisotopic (exact) mass is 221 g/mol. The molecule has 15 heavy (non-hydrogen) atoms. The molecule has 1 N–H and O–H groups in total. The maximum Gasteiger partial charge on any atom is 0.246 e. The first-order valence-electron chi connectivity index (χ1n) is 4.65. The smallest absolute Gasteiger partial charge is 0.246 e. The van der Waals surface area contributed by atoms with Crippen LogP contribution in [-0.4, -0.2) is 11.8 Å². The Hall–Kier alpha value is -1.55. The summed E-state index contributed by atoms with van der Waals surface area (Å²) >= 11 is 4.64. The van der Waals surface area contributed by atoms with Crippen molar-refractivity contribution >= 4 is 17.7 Å². The highest BCUT2D eigenvalue weighted by atomic mass is 32.1. The molecule has 1 aromatic carbocycles. The van der Waals surface area contributed by atoms with Crippen molar-refractivity contribution in [1.29, 1.82) is 0 Å². The molecule has 78 valence electrons. The maximum absolute atomic E-state index is 5.44. The van der Waals surface area contributed by atoms with Gasteiger partial charge < -0.3 is 14.8 Å². The molecule has 1 heterocycles. The van der Waals surface area contributed by atoms with Crippen LogP contribution in [0, 0.1) is 0 Å². The van der Waals surface area contributed by atoms with Crippen LogP contribution in [0.3, 0.4) is 0 Å². The summed E-state index contributed by atoms with van der Waals surface area (Å²) in [5.74, 6) is 0.561. The van der Waals surface area contributed by atoms with E-state index in [4.69, 9.17) is 9.47 Å². The Morgan fingerprint density at radius 1 is 1.33 bits per heavy atom. The molecular weight excluding hydrogens is 210 g/mol. The molecule has 1 unspecified atom stereocenters. The molecule has 1 aliphatic heterocycles. The second-order valence-electron chi connectivity index (χ2n) is 3.12. The van der Waals surface area contributed by atoms with Gasteiger partial charge in [-0.2, -0.15) is 0 Å². The van der Waals surface area contributed by atoms with E-state index in [0.29, 0.717) is 5.88 Å². The summed E-state index contributed by atoms with van der Waals surface area (Å²) in [4.78, 5) is 0. The van der Waals surface area contributed by atoms with Crippen LogP contribution >= 0.6 is 12.2 Å². The van der Waals surface area contributed by atoms with Gasteiger partial charge in [-0.05, 0) is 5.56 Å². The Labute approximate surface area is 93.7 Å². The summed E-state index contributed by atoms with van der Waals surface area (Å²) in [6.45, 7) is 0. The molecule has 1 aliphatic rings. The van der Waals surface area contributed by atoms with E-state index in [1.165, 1.54) is 17.3 Å². The zero-order valence-corrected chi connectivity index (χ0v) is 8.87. The van der Waals surface area contributed by atoms with Crippen molar-refractivity contribution in [3.05, 3.63) is 48.0 Å². The molecule has 1 atom stereocenters. The molecule has 0 aromatic heterocycles. The third-order valence-electron chi connectivity index (χ3n) is 2.03. The van der Waals surface area contributed by atoms with Crippen LogP contribution in [0.5, 0.6) is 0 Å². The van der Waals surface area contributed by atoms with E-state index >= 15 is 0 Å². The highest BCUT2D eigenvalue weighted by molar-refractivity contribution is 7.78. The Morgan fingerprint density at radius 3 is 2.87 bits per heavy atom. The van der Waals surface area contributed by atoms with Crippen molar-refractivity contribution in [1.82, 2.24) is 5.32 Å². The fourth-order valence-electron chi connectivity index (χ4n) is 1.36. The molecule has 4 heteroatoms. The Kier molecular flexibility index (Phi) is 3.19. The second kappa shape index (κ2) is 4.79. The molecule has 0 spiro atoms. The second-order valence-corrected chi connectivity index (χ2v) is 3.35. The lowest BCUT2D eigenvalue weighted by Gasteiger charge is -2.11. The van der Waals surface area contributed by atoms with Gasteiger partial charge in [0.2, 0.25) is 12.2 Å². The van der Waals surface area contributed by atoms with Crippen molar-refractivity contribution < 1.29 is 9.47 Å². The Morgan fingerprint density at radius 2 is 2.13 bits per heavy atom. The Bertz CT molecular complexity index is 364. The van der Waals surface area contributed by atoms with E-state index in [0.717, 1.165) is 6.42 Å². The van der Waals surface area contributed by atoms with E-state index in [1.807, 2.05) is 30.3 Å². The SMILES string of the molecule is S=CNC1=COC(Cc2ccccc2)O1. The average molecular weight is 221 g/mol. The summed E-state index contributed by atoms with van der Waals surface area (Å²) in [6.07, 6.45) is 2.00. The van der Waals surface area contributed by atoms with Crippen molar-refractivity contribution in [3.8, 4) is 0 Å². The van der Waals surface area contributed by atoms with Crippen molar-refractivity contribution in [2.45, 2.75) is 12.7 Å². The van der Waals surface area contributed by atoms with Crippen LogP contribution in [0.2, 0.25) is 0 Å². The number of hydrogen-bond donors (Lipinski definition) is 1. The van der Waals surface area contributed by atoms with Gasteiger partial charge >= 0.3 is 0 Å². The summed E-state index contributed by atoms with van der Waals surface area (Å²) < 4.78 is 10.7. The molecule has 0 bridgehead atoms. The van der Waals surface area contributed by atoms with Crippen molar-refractivity contribution in [2.75, 3.05) is 0 Å². The summed E-state index contributed by atoms with van der Waals surface area (Å²) in [5, 5.41) is 2.76. The van der Waals surface area contributed by atoms with Crippen LogP contribution < -0.4 is 5.32 Å². The molecule has 3 nitrogen and oxygen atoms in total. The summed E-state index contributed by atoms with van der Waals surface area (Å²) in [6, 6.07) is 10.0. The third kappa shape index (κ3) is 2.70. The van der Waals surface area contributed by atoms with Crippen LogP contribution in [-0.2, 0) is 15.9 Å². The average Bonchev–Trinajstić information content (AvgIpc) is 2.68. The lowest BCUT2D eigenvalue weighted by Crippen LogP contribution is -2.16. The summed E-state index contributed by atoms with van der Waals surface area (Å²) in [7, 11) is 0. The highest BCUT2D eigenvalue weighted by Gasteiger charge is 2.18. The molecule has 0 saturated heterocycles. The molecule has 0 radical (unpaired) electrons. The minimum absolute atomic E-state index is 0.259. The lowest BCUT2D eigenvalue weighted by molar-refractivity contribution is -0.0320. The number of ether oxygens (including phenoxy) is 2. The van der Waals surface area contributed by atoms with Gasteiger partial charge in [0.05, 0.1) is 5.49 Å². The standard InChI is InChI=1S/C11H11NO2S/c15-8-12-10-7-13-11(14-10)6-9-4-2-1-3-5-9/h1-5,7-8,11H,6H2,(H,12,15). The molecule has 0 amide bonds. The lowest BCUT2D eigenvalue weighted by atomic mass is 10.1. The first kappa shape index (κ1) is 9.98. The predicted octanol–water partition coefficient (Wildman–Crippen LogP) is 1.95. The minimum atomic E-state index is -0.259. The van der Waals surface area contributed by atoms with E-state index < -0.39 is 0 Å². The largest absolute Gasteiger partial charge is 0.457 e. The first-order valence-corrected chi connectivity index (χ1v) is 5.12. The Balaban J connectivity index is 1.87. The van der Waals surface area contributed by atoms with Gasteiger partial charge in [0.1, 0.15) is 6.26 Å². The zero-order valence-electron chi connectivity index (χ0n) is 8.05. The van der Waals surface area contributed by atoms with E-state index in [-0.39, 0.29) is 6.29 Å². The molecule has 1 aromatic rings. The highest BCUT2D eigenvalue weighted by Crippen LogP contribution is 2.15. The van der Waals surface area contributed by atoms with Gasteiger partial charge in [-0.15, -0.1) is 0 Å². The molecule has 2 rings (SSSR count). The van der Waals surface area contributed by atoms with Gasteiger partial charge in [-0.3, -0.25) is 0 Å². The number of nitrogens with one attached hydrogen (secondary N) is 1. The van der Waals surface area contributed by atoms with Gasteiger partial charge in [-0.25, -0.2) is 0 Å². The fraction of sp³-hybridized carbons (Fsp3) is 0.182. The first-order chi connectivity index (χ1) is 7.38. The normalized spacial score (nSPS) is 18.7. The van der Waals surface area contributed by atoms with Crippen LogP contribution in [0.15, 0.2) is 42.5 Å². The quantitative estimate of drug-likeness (QED) is 0.787. The number of rotatable bonds is 4. The molecular formula is C11H11NO2S. The zero-order chi connectivity index (χ0) is 10.5. The number of benzene rings is 1. The minimum Gasteiger partial charge on any atom is -0.457 e. The molecule has 0 aliphatic carbocycles. The fourth-order valence-corrected chi connectivity index (χ4v) is 1.47. The van der Waals surface area contributed by atoms with Crippen LogP contribution in [0.4, 0.5) is 0 Å². The van der Waals surface area contributed by atoms with Gasteiger partial charge in [0.15, 0.2) is 0 Å². The van der Waals surface area contributed by atoms with Crippen molar-refractivity contribution in [3.63, 3.8) is 0 Å². The maximum atomic E-state index is 5.44. The van der Waals surface area contributed by atoms with E-state index in [2.05, 4.69) is 17.5 Å². The van der Waals surface area contributed by atoms with Crippen LogP contribution in [0.25, 0.3) is 0 Å². The van der Waals surface area contributed by atoms with Crippen LogP contribution in [0.1, 0.15) is 5.56 Å². The van der Waals surface area contributed by atoms with Gasteiger partial charge in [0.25, 0.3) is 0 Å². The summed E-state index contributed by atoms with van der Waals surface area (Å²) in [5.41, 5.74) is 2.57. The van der Waals surface area contributed by atoms with Gasteiger partial charge in [-0.1, -0.05) is 42.5 Å². The van der Waals surface area contributed by atoms with Gasteiger partial charge in [0, 0.05) is 6.42 Å². The number of hydrogen-bond acceptors (Lipinski definition) is 3. The van der Waals surface area contributed by atoms with E-state index in [9.17, 15) is 0 Å². The molecule has 0 saturated carbocycles. The topological polar surface area (TPSA) is 30.5 Å². The van der Waals surface area contributed by atoms with Crippen molar-refractivity contribution in [2.24, 2.45) is 0 Å².